The number of ether oxygens (including phenoxy) is 1. The Hall–Kier alpha value is -3.67. The molecule has 6 heteroatoms. The van der Waals surface area contributed by atoms with Gasteiger partial charge in [0.1, 0.15) is 23.8 Å². The summed E-state index contributed by atoms with van der Waals surface area (Å²) in [5, 5.41) is 10.3. The first kappa shape index (κ1) is 18.1. The van der Waals surface area contributed by atoms with Gasteiger partial charge in [0.15, 0.2) is 0 Å². The average Bonchev–Trinajstić information content (AvgIpc) is 3.11. The zero-order valence-corrected chi connectivity index (χ0v) is 16.5. The van der Waals surface area contributed by atoms with E-state index >= 15 is 0 Å². The highest BCUT2D eigenvalue weighted by molar-refractivity contribution is 5.81. The van der Waals surface area contributed by atoms with Crippen LogP contribution in [0.3, 0.4) is 0 Å². The van der Waals surface area contributed by atoms with Gasteiger partial charge >= 0.3 is 5.97 Å². The highest BCUT2D eigenvalue weighted by atomic mass is 19.1. The number of H-pyrrole nitrogens is 1. The van der Waals surface area contributed by atoms with Crippen LogP contribution in [0, 0.1) is 17.7 Å². The van der Waals surface area contributed by atoms with Crippen molar-refractivity contribution < 1.29 is 19.0 Å². The average molecular weight is 414 g/mol. The van der Waals surface area contributed by atoms with E-state index in [0.717, 1.165) is 39.7 Å². The van der Waals surface area contributed by atoms with Crippen LogP contribution in [0.2, 0.25) is 0 Å². The van der Waals surface area contributed by atoms with E-state index in [1.807, 2.05) is 36.5 Å². The number of carbonyl (C=O) groups is 1. The molecule has 154 valence electrons. The molecule has 2 aromatic heterocycles. The van der Waals surface area contributed by atoms with Crippen LogP contribution in [0.4, 0.5) is 4.39 Å². The van der Waals surface area contributed by atoms with Gasteiger partial charge in [-0.2, -0.15) is 0 Å². The van der Waals surface area contributed by atoms with E-state index in [-0.39, 0.29) is 30.2 Å². The molecular formula is C25H19FN2O3. The fourth-order valence-electron chi connectivity index (χ4n) is 4.94. The Labute approximate surface area is 177 Å². The number of pyridine rings is 1. The van der Waals surface area contributed by atoms with Crippen LogP contribution < -0.4 is 4.74 Å². The number of rotatable bonds is 5. The van der Waals surface area contributed by atoms with Gasteiger partial charge in [-0.15, -0.1) is 0 Å². The number of nitrogens with zero attached hydrogens (tertiary/aromatic N) is 1. The summed E-state index contributed by atoms with van der Waals surface area (Å²) < 4.78 is 20.3. The number of hydrogen-bond acceptors (Lipinski definition) is 3. The van der Waals surface area contributed by atoms with Crippen molar-refractivity contribution in [3.63, 3.8) is 0 Å². The van der Waals surface area contributed by atoms with Crippen molar-refractivity contribution in [2.75, 3.05) is 0 Å². The van der Waals surface area contributed by atoms with E-state index in [4.69, 9.17) is 4.74 Å². The number of aliphatic carboxylic acids is 1. The van der Waals surface area contributed by atoms with E-state index < -0.39 is 5.97 Å². The van der Waals surface area contributed by atoms with Gasteiger partial charge in [-0.3, -0.25) is 4.79 Å². The predicted molar refractivity (Wildman–Crippen MR) is 113 cm³/mol. The first-order valence-corrected chi connectivity index (χ1v) is 10.3. The van der Waals surface area contributed by atoms with Crippen LogP contribution in [0.5, 0.6) is 5.75 Å². The minimum atomic E-state index is -0.706. The lowest BCUT2D eigenvalue weighted by molar-refractivity contribution is -0.139. The van der Waals surface area contributed by atoms with E-state index in [1.165, 1.54) is 6.07 Å². The van der Waals surface area contributed by atoms with Gasteiger partial charge in [0.25, 0.3) is 0 Å². The molecule has 2 heterocycles. The van der Waals surface area contributed by atoms with Gasteiger partial charge in [0, 0.05) is 34.8 Å². The number of nitrogens with one attached hydrogen (secondary N) is 1. The molecule has 1 unspecified atom stereocenters. The van der Waals surface area contributed by atoms with Crippen molar-refractivity contribution in [2.45, 2.75) is 18.9 Å². The van der Waals surface area contributed by atoms with Gasteiger partial charge in [-0.05, 0) is 65.4 Å². The first-order chi connectivity index (χ1) is 15.1. The van der Waals surface area contributed by atoms with Gasteiger partial charge in [0.2, 0.25) is 0 Å². The predicted octanol–water partition coefficient (Wildman–Crippen LogP) is 4.92. The maximum atomic E-state index is 14.4. The molecule has 31 heavy (non-hydrogen) atoms. The fourth-order valence-corrected chi connectivity index (χ4v) is 4.94. The third-order valence-corrected chi connectivity index (χ3v) is 6.56. The molecule has 3 atom stereocenters. The molecule has 1 fully saturated rings. The zero-order valence-electron chi connectivity index (χ0n) is 16.5. The highest BCUT2D eigenvalue weighted by Crippen LogP contribution is 2.61. The maximum absolute atomic E-state index is 14.4. The molecule has 4 aromatic rings. The maximum Gasteiger partial charge on any atom is 0.307 e. The zero-order chi connectivity index (χ0) is 21.1. The lowest BCUT2D eigenvalue weighted by atomic mass is 10.0. The van der Waals surface area contributed by atoms with Crippen LogP contribution in [0.15, 0.2) is 60.9 Å². The molecule has 1 saturated carbocycles. The molecule has 2 aromatic carbocycles. The van der Waals surface area contributed by atoms with E-state index in [0.29, 0.717) is 11.3 Å². The standard InChI is InChI=1S/C25H19FN2O3/c26-21-4-1-13(16-8-14-5-6-27-24(14)28-11-16)7-17(21)12-31-18-2-3-19-15(9-18)10-20-22(19)23(20)25(29)30/h1-9,11,20,22-23H,10,12H2,(H,27,28)(H,29,30)/t20-,22+,23?/m1/s1. The van der Waals surface area contributed by atoms with Crippen LogP contribution in [-0.4, -0.2) is 21.0 Å². The largest absolute Gasteiger partial charge is 0.489 e. The second-order valence-corrected chi connectivity index (χ2v) is 8.35. The number of carboxylic acids is 1. The van der Waals surface area contributed by atoms with E-state index in [9.17, 15) is 14.3 Å². The number of carboxylic acid groups (broad SMARTS) is 1. The van der Waals surface area contributed by atoms with Gasteiger partial charge in [-0.1, -0.05) is 12.1 Å². The third kappa shape index (κ3) is 2.98. The summed E-state index contributed by atoms with van der Waals surface area (Å²) in [4.78, 5) is 18.7. The summed E-state index contributed by atoms with van der Waals surface area (Å²) in [5.41, 5.74) is 5.34. The molecule has 0 radical (unpaired) electrons. The molecule has 0 amide bonds. The quantitative estimate of drug-likeness (QED) is 0.486. The Morgan fingerprint density at radius 1 is 1.16 bits per heavy atom. The van der Waals surface area contributed by atoms with Gasteiger partial charge < -0.3 is 14.8 Å². The molecule has 2 aliphatic rings. The number of benzene rings is 2. The molecule has 6 rings (SSSR count). The highest BCUT2D eigenvalue weighted by Gasteiger charge is 2.59. The summed E-state index contributed by atoms with van der Waals surface area (Å²) in [6, 6.07) is 14.7. The minimum absolute atomic E-state index is 0.114. The smallest absolute Gasteiger partial charge is 0.307 e. The Morgan fingerprint density at radius 2 is 2.06 bits per heavy atom. The van der Waals surface area contributed by atoms with Crippen molar-refractivity contribution in [1.29, 1.82) is 0 Å². The number of aromatic nitrogens is 2. The monoisotopic (exact) mass is 414 g/mol. The number of aromatic amines is 1. The van der Waals surface area contributed by atoms with E-state index in [2.05, 4.69) is 9.97 Å². The second-order valence-electron chi connectivity index (χ2n) is 8.35. The molecule has 0 saturated heterocycles. The number of hydrogen-bond donors (Lipinski definition) is 2. The van der Waals surface area contributed by atoms with Crippen molar-refractivity contribution in [3.8, 4) is 16.9 Å². The summed E-state index contributed by atoms with van der Waals surface area (Å²) in [7, 11) is 0. The Bertz CT molecular complexity index is 1350. The molecular weight excluding hydrogens is 395 g/mol. The van der Waals surface area contributed by atoms with Gasteiger partial charge in [0.05, 0.1) is 5.92 Å². The minimum Gasteiger partial charge on any atom is -0.489 e. The Morgan fingerprint density at radius 3 is 2.94 bits per heavy atom. The summed E-state index contributed by atoms with van der Waals surface area (Å²) in [6.45, 7) is 0.114. The van der Waals surface area contributed by atoms with Gasteiger partial charge in [-0.25, -0.2) is 9.37 Å². The lowest BCUT2D eigenvalue weighted by Gasteiger charge is -2.12. The third-order valence-electron chi connectivity index (χ3n) is 6.56. The normalized spacial score (nSPS) is 21.0. The van der Waals surface area contributed by atoms with Crippen molar-refractivity contribution in [2.24, 2.45) is 11.8 Å². The van der Waals surface area contributed by atoms with Crippen molar-refractivity contribution in [3.05, 3.63) is 83.4 Å². The SMILES string of the molecule is O=C(O)C1[C@H]2c3ccc(OCc4cc(-c5cnc6[nH]ccc6c5)ccc4F)cc3C[C@@H]12. The summed E-state index contributed by atoms with van der Waals surface area (Å²) in [5.74, 6) is -0.235. The molecule has 0 aliphatic heterocycles. The van der Waals surface area contributed by atoms with Crippen LogP contribution >= 0.6 is 0 Å². The van der Waals surface area contributed by atoms with Crippen LogP contribution in [0.25, 0.3) is 22.2 Å². The second kappa shape index (κ2) is 6.67. The first-order valence-electron chi connectivity index (χ1n) is 10.3. The Kier molecular flexibility index (Phi) is 3.90. The lowest BCUT2D eigenvalue weighted by Crippen LogP contribution is -2.05. The molecule has 5 nitrogen and oxygen atoms in total. The molecule has 0 spiro atoms. The summed E-state index contributed by atoms with van der Waals surface area (Å²) >= 11 is 0. The number of fused-ring (bicyclic) bond motifs is 4. The topological polar surface area (TPSA) is 75.2 Å². The fraction of sp³-hybridized carbons (Fsp3) is 0.200. The van der Waals surface area contributed by atoms with Crippen LogP contribution in [-0.2, 0) is 17.8 Å². The molecule has 2 N–H and O–H groups in total. The summed E-state index contributed by atoms with van der Waals surface area (Å²) in [6.07, 6.45) is 4.38. The number of halogens is 1. The Balaban J connectivity index is 1.21. The van der Waals surface area contributed by atoms with E-state index in [1.54, 1.807) is 18.3 Å². The van der Waals surface area contributed by atoms with Crippen LogP contribution in [0.1, 0.15) is 22.6 Å². The molecule has 0 bridgehead atoms. The van der Waals surface area contributed by atoms with Crippen molar-refractivity contribution >= 4 is 17.0 Å². The van der Waals surface area contributed by atoms with Crippen molar-refractivity contribution in [1.82, 2.24) is 9.97 Å². The molecule has 2 aliphatic carbocycles.